The lowest BCUT2D eigenvalue weighted by molar-refractivity contribution is -0.0296. The Kier molecular flexibility index (Phi) is 5.03. The van der Waals surface area contributed by atoms with Gasteiger partial charge < -0.3 is 9.47 Å². The monoisotopic (exact) mass is 298 g/mol. The van der Waals surface area contributed by atoms with Crippen LogP contribution in [0.25, 0.3) is 0 Å². The van der Waals surface area contributed by atoms with Gasteiger partial charge in [0.05, 0.1) is 19.8 Å². The lowest BCUT2D eigenvalue weighted by Gasteiger charge is -2.33. The number of aromatic nitrogens is 1. The van der Waals surface area contributed by atoms with Gasteiger partial charge in [0.25, 0.3) is 0 Å². The van der Waals surface area contributed by atoms with Crippen molar-refractivity contribution in [3.63, 3.8) is 0 Å². The molecule has 0 amide bonds. The minimum Gasteiger partial charge on any atom is -0.497 e. The second-order valence-electron chi connectivity index (χ2n) is 5.54. The molecule has 1 aromatic carbocycles. The molecule has 1 fully saturated rings. The van der Waals surface area contributed by atoms with Gasteiger partial charge >= 0.3 is 0 Å². The number of ether oxygens (including phenoxy) is 2. The molecule has 1 aliphatic rings. The SMILES string of the molecule is COc1cccc([C@H]2CN(CCc3ccncc3)CCO2)c1. The zero-order valence-corrected chi connectivity index (χ0v) is 12.9. The van der Waals surface area contributed by atoms with Gasteiger partial charge in [-0.25, -0.2) is 0 Å². The van der Waals surface area contributed by atoms with E-state index in [4.69, 9.17) is 9.47 Å². The molecule has 1 atom stereocenters. The van der Waals surface area contributed by atoms with Gasteiger partial charge in [0.1, 0.15) is 5.75 Å². The summed E-state index contributed by atoms with van der Waals surface area (Å²) in [5.41, 5.74) is 2.52. The van der Waals surface area contributed by atoms with Gasteiger partial charge in [-0.15, -0.1) is 0 Å². The summed E-state index contributed by atoms with van der Waals surface area (Å²) in [5.74, 6) is 0.884. The standard InChI is InChI=1S/C18H22N2O2/c1-21-17-4-2-3-16(13-17)18-14-20(11-12-22-18)10-7-15-5-8-19-9-6-15/h2-6,8-9,13,18H,7,10-12,14H2,1H3/t18-/m1/s1. The van der Waals surface area contributed by atoms with Crippen molar-refractivity contribution in [2.45, 2.75) is 12.5 Å². The summed E-state index contributed by atoms with van der Waals surface area (Å²) in [4.78, 5) is 6.53. The average molecular weight is 298 g/mol. The second-order valence-corrected chi connectivity index (χ2v) is 5.54. The van der Waals surface area contributed by atoms with Gasteiger partial charge in [-0.2, -0.15) is 0 Å². The highest BCUT2D eigenvalue weighted by Gasteiger charge is 2.22. The number of morpholine rings is 1. The Hall–Kier alpha value is -1.91. The van der Waals surface area contributed by atoms with E-state index in [0.29, 0.717) is 0 Å². The molecule has 1 aliphatic heterocycles. The maximum absolute atomic E-state index is 5.94. The van der Waals surface area contributed by atoms with Crippen LogP contribution in [0.15, 0.2) is 48.8 Å². The first kappa shape index (κ1) is 15.0. The van der Waals surface area contributed by atoms with E-state index in [1.165, 1.54) is 11.1 Å². The van der Waals surface area contributed by atoms with Crippen LogP contribution in [0.1, 0.15) is 17.2 Å². The highest BCUT2D eigenvalue weighted by Crippen LogP contribution is 2.25. The number of methoxy groups -OCH3 is 1. The molecule has 2 heterocycles. The zero-order chi connectivity index (χ0) is 15.2. The predicted octanol–water partition coefficient (Wildman–Crippen LogP) is 2.71. The maximum Gasteiger partial charge on any atom is 0.119 e. The van der Waals surface area contributed by atoms with E-state index < -0.39 is 0 Å². The van der Waals surface area contributed by atoms with Crippen LogP contribution in [0, 0.1) is 0 Å². The third-order valence-corrected chi connectivity index (χ3v) is 4.08. The van der Waals surface area contributed by atoms with Crippen LogP contribution >= 0.6 is 0 Å². The Morgan fingerprint density at radius 3 is 2.95 bits per heavy atom. The fraction of sp³-hybridized carbons (Fsp3) is 0.389. The molecule has 1 aromatic heterocycles. The Balaban J connectivity index is 1.59. The molecule has 22 heavy (non-hydrogen) atoms. The number of nitrogens with zero attached hydrogens (tertiary/aromatic N) is 2. The van der Waals surface area contributed by atoms with Crippen LogP contribution in [0.3, 0.4) is 0 Å². The van der Waals surface area contributed by atoms with Crippen molar-refractivity contribution >= 4 is 0 Å². The van der Waals surface area contributed by atoms with Crippen LogP contribution < -0.4 is 4.74 Å². The Morgan fingerprint density at radius 2 is 2.14 bits per heavy atom. The van der Waals surface area contributed by atoms with E-state index in [1.54, 1.807) is 7.11 Å². The first-order valence-corrected chi connectivity index (χ1v) is 7.72. The average Bonchev–Trinajstić information content (AvgIpc) is 2.61. The van der Waals surface area contributed by atoms with Crippen LogP contribution in [-0.4, -0.2) is 43.2 Å². The minimum atomic E-state index is 0.126. The first-order chi connectivity index (χ1) is 10.8. The summed E-state index contributed by atoms with van der Waals surface area (Å²) in [6, 6.07) is 12.3. The maximum atomic E-state index is 5.94. The second kappa shape index (κ2) is 7.38. The molecule has 0 saturated carbocycles. The largest absolute Gasteiger partial charge is 0.497 e. The van der Waals surface area contributed by atoms with E-state index in [-0.39, 0.29) is 6.10 Å². The summed E-state index contributed by atoms with van der Waals surface area (Å²) in [7, 11) is 1.70. The Morgan fingerprint density at radius 1 is 1.27 bits per heavy atom. The summed E-state index contributed by atoms with van der Waals surface area (Å²) < 4.78 is 11.2. The first-order valence-electron chi connectivity index (χ1n) is 7.72. The number of benzene rings is 1. The van der Waals surface area contributed by atoms with Crippen LogP contribution in [-0.2, 0) is 11.2 Å². The molecule has 0 unspecified atom stereocenters. The van der Waals surface area contributed by atoms with E-state index in [0.717, 1.165) is 38.4 Å². The molecule has 4 nitrogen and oxygen atoms in total. The lowest BCUT2D eigenvalue weighted by atomic mass is 10.1. The molecule has 3 rings (SSSR count). The third-order valence-electron chi connectivity index (χ3n) is 4.08. The zero-order valence-electron chi connectivity index (χ0n) is 12.9. The molecular formula is C18H22N2O2. The summed E-state index contributed by atoms with van der Waals surface area (Å²) in [6.07, 6.45) is 4.88. The van der Waals surface area contributed by atoms with Crippen molar-refractivity contribution in [3.05, 3.63) is 59.9 Å². The topological polar surface area (TPSA) is 34.6 Å². The molecule has 0 aliphatic carbocycles. The Bertz CT molecular complexity index is 589. The fourth-order valence-electron chi connectivity index (χ4n) is 2.79. The van der Waals surface area contributed by atoms with Crippen LogP contribution in [0.2, 0.25) is 0 Å². The number of pyridine rings is 1. The van der Waals surface area contributed by atoms with Crippen molar-refractivity contribution in [2.24, 2.45) is 0 Å². The molecule has 0 N–H and O–H groups in total. The number of hydrogen-bond donors (Lipinski definition) is 0. The Labute approximate surface area is 131 Å². The molecule has 116 valence electrons. The van der Waals surface area contributed by atoms with Gasteiger partial charge in [-0.3, -0.25) is 9.88 Å². The fourth-order valence-corrected chi connectivity index (χ4v) is 2.79. The number of hydrogen-bond acceptors (Lipinski definition) is 4. The molecule has 0 spiro atoms. The smallest absolute Gasteiger partial charge is 0.119 e. The molecule has 0 radical (unpaired) electrons. The van der Waals surface area contributed by atoms with E-state index in [2.05, 4.69) is 34.1 Å². The van der Waals surface area contributed by atoms with Crippen molar-refractivity contribution in [1.29, 1.82) is 0 Å². The van der Waals surface area contributed by atoms with Crippen molar-refractivity contribution < 1.29 is 9.47 Å². The molecular weight excluding hydrogens is 276 g/mol. The summed E-state index contributed by atoms with van der Waals surface area (Å²) >= 11 is 0. The van der Waals surface area contributed by atoms with E-state index in [9.17, 15) is 0 Å². The summed E-state index contributed by atoms with van der Waals surface area (Å²) in [6.45, 7) is 3.75. The quantitative estimate of drug-likeness (QED) is 0.850. The van der Waals surface area contributed by atoms with E-state index >= 15 is 0 Å². The van der Waals surface area contributed by atoms with Crippen molar-refractivity contribution in [3.8, 4) is 5.75 Å². The lowest BCUT2D eigenvalue weighted by Crippen LogP contribution is -2.39. The van der Waals surface area contributed by atoms with Gasteiger partial charge in [0, 0.05) is 32.0 Å². The van der Waals surface area contributed by atoms with Gasteiger partial charge in [0.15, 0.2) is 0 Å². The van der Waals surface area contributed by atoms with Gasteiger partial charge in [-0.05, 0) is 41.8 Å². The van der Waals surface area contributed by atoms with E-state index in [1.807, 2.05) is 24.5 Å². The van der Waals surface area contributed by atoms with Crippen LogP contribution in [0.5, 0.6) is 5.75 Å². The highest BCUT2D eigenvalue weighted by molar-refractivity contribution is 5.30. The predicted molar refractivity (Wildman–Crippen MR) is 86.1 cm³/mol. The highest BCUT2D eigenvalue weighted by atomic mass is 16.5. The molecule has 0 bridgehead atoms. The van der Waals surface area contributed by atoms with Gasteiger partial charge in [0.2, 0.25) is 0 Å². The van der Waals surface area contributed by atoms with Gasteiger partial charge in [-0.1, -0.05) is 12.1 Å². The molecule has 4 heteroatoms. The van der Waals surface area contributed by atoms with Crippen molar-refractivity contribution in [1.82, 2.24) is 9.88 Å². The minimum absolute atomic E-state index is 0.126. The van der Waals surface area contributed by atoms with Crippen molar-refractivity contribution in [2.75, 3.05) is 33.4 Å². The van der Waals surface area contributed by atoms with Crippen LogP contribution in [0.4, 0.5) is 0 Å². The third kappa shape index (κ3) is 3.84. The summed E-state index contributed by atoms with van der Waals surface area (Å²) in [5, 5.41) is 0. The normalized spacial score (nSPS) is 19.0. The molecule has 2 aromatic rings. The molecule has 1 saturated heterocycles. The number of rotatable bonds is 5.